The number of carbonyl (C=O) groups is 2. The van der Waals surface area contributed by atoms with Crippen molar-refractivity contribution in [2.24, 2.45) is 0 Å². The van der Waals surface area contributed by atoms with Crippen LogP contribution in [0.15, 0.2) is 40.9 Å². The predicted molar refractivity (Wildman–Crippen MR) is 92.1 cm³/mol. The van der Waals surface area contributed by atoms with Crippen molar-refractivity contribution >= 4 is 34.8 Å². The molecule has 124 valence electrons. The molecule has 0 saturated heterocycles. The van der Waals surface area contributed by atoms with E-state index in [2.05, 4.69) is 0 Å². The van der Waals surface area contributed by atoms with Crippen LogP contribution in [0.5, 0.6) is 0 Å². The summed E-state index contributed by atoms with van der Waals surface area (Å²) in [5.41, 5.74) is 2.10. The fourth-order valence-electron chi connectivity index (χ4n) is 3.84. The summed E-state index contributed by atoms with van der Waals surface area (Å²) in [5, 5.41) is 0.886. The highest BCUT2D eigenvalue weighted by Crippen LogP contribution is 2.48. The molecule has 0 N–H and O–H groups in total. The Morgan fingerprint density at radius 3 is 1.96 bits per heavy atom. The van der Waals surface area contributed by atoms with Gasteiger partial charge in [0.1, 0.15) is 11.5 Å². The van der Waals surface area contributed by atoms with Gasteiger partial charge in [0.15, 0.2) is 11.6 Å². The van der Waals surface area contributed by atoms with Crippen LogP contribution in [0.25, 0.3) is 0 Å². The summed E-state index contributed by atoms with van der Waals surface area (Å²) in [6.45, 7) is 0. The topological polar surface area (TPSA) is 43.4 Å². The van der Waals surface area contributed by atoms with Crippen LogP contribution in [-0.2, 0) is 14.3 Å². The molecule has 1 heterocycles. The number of halogens is 2. The zero-order valence-corrected chi connectivity index (χ0v) is 14.5. The Kier molecular flexibility index (Phi) is 4.01. The molecule has 0 unspecified atom stereocenters. The van der Waals surface area contributed by atoms with Crippen LogP contribution in [0, 0.1) is 0 Å². The second-order valence-electron chi connectivity index (χ2n) is 6.44. The maximum atomic E-state index is 12.6. The average Bonchev–Trinajstić information content (AvgIpc) is 2.56. The van der Waals surface area contributed by atoms with E-state index in [9.17, 15) is 9.59 Å². The van der Waals surface area contributed by atoms with Gasteiger partial charge in [0.05, 0.1) is 10.0 Å². The first-order valence-electron chi connectivity index (χ1n) is 8.21. The van der Waals surface area contributed by atoms with E-state index >= 15 is 0 Å². The molecule has 0 radical (unpaired) electrons. The van der Waals surface area contributed by atoms with Crippen LogP contribution in [0.1, 0.15) is 50.0 Å². The highest BCUT2D eigenvalue weighted by Gasteiger charge is 2.41. The van der Waals surface area contributed by atoms with E-state index in [1.54, 1.807) is 12.1 Å². The van der Waals surface area contributed by atoms with Gasteiger partial charge in [0, 0.05) is 42.7 Å². The Morgan fingerprint density at radius 1 is 0.833 bits per heavy atom. The van der Waals surface area contributed by atoms with Gasteiger partial charge in [0.25, 0.3) is 0 Å². The van der Waals surface area contributed by atoms with Gasteiger partial charge in [-0.1, -0.05) is 29.3 Å². The number of allylic oxidation sites excluding steroid dienone is 4. The Labute approximate surface area is 150 Å². The molecule has 0 spiro atoms. The number of rotatable bonds is 1. The van der Waals surface area contributed by atoms with Gasteiger partial charge in [-0.05, 0) is 30.5 Å². The van der Waals surface area contributed by atoms with Crippen molar-refractivity contribution in [3.63, 3.8) is 0 Å². The molecule has 3 aliphatic rings. The van der Waals surface area contributed by atoms with Crippen molar-refractivity contribution in [3.8, 4) is 0 Å². The summed E-state index contributed by atoms with van der Waals surface area (Å²) < 4.78 is 6.00. The summed E-state index contributed by atoms with van der Waals surface area (Å²) in [6.07, 6.45) is 4.06. The molecular formula is C19H16Cl2O3. The third-order valence-electron chi connectivity index (χ3n) is 4.92. The standard InChI is InChI=1S/C19H16Cl2O3/c20-11-8-7-10(9-12(11)21)17-18-13(22)3-1-5-15(18)24-16-6-2-4-14(23)19(16)17/h7-9,17H,1-6H2. The van der Waals surface area contributed by atoms with Gasteiger partial charge in [-0.2, -0.15) is 0 Å². The minimum atomic E-state index is -0.376. The van der Waals surface area contributed by atoms with Crippen molar-refractivity contribution in [2.45, 2.75) is 44.4 Å². The third kappa shape index (κ3) is 2.51. The monoisotopic (exact) mass is 362 g/mol. The molecule has 4 rings (SSSR count). The number of carbonyl (C=O) groups excluding carboxylic acids is 2. The van der Waals surface area contributed by atoms with Crippen LogP contribution < -0.4 is 0 Å². The van der Waals surface area contributed by atoms with Crippen molar-refractivity contribution in [1.82, 2.24) is 0 Å². The number of benzene rings is 1. The average molecular weight is 363 g/mol. The van der Waals surface area contributed by atoms with Crippen molar-refractivity contribution in [1.29, 1.82) is 0 Å². The summed E-state index contributed by atoms with van der Waals surface area (Å²) in [4.78, 5) is 25.2. The fraction of sp³-hybridized carbons (Fsp3) is 0.368. The highest BCUT2D eigenvalue weighted by molar-refractivity contribution is 6.42. The normalized spacial score (nSPS) is 21.6. The molecule has 24 heavy (non-hydrogen) atoms. The summed E-state index contributed by atoms with van der Waals surface area (Å²) in [6, 6.07) is 5.33. The van der Waals surface area contributed by atoms with E-state index in [1.807, 2.05) is 6.07 Å². The van der Waals surface area contributed by atoms with Gasteiger partial charge in [-0.25, -0.2) is 0 Å². The van der Waals surface area contributed by atoms with Gasteiger partial charge in [-0.15, -0.1) is 0 Å². The molecule has 0 atom stereocenters. The first-order valence-corrected chi connectivity index (χ1v) is 8.97. The van der Waals surface area contributed by atoms with Crippen LogP contribution in [0.4, 0.5) is 0 Å². The Morgan fingerprint density at radius 2 is 1.42 bits per heavy atom. The highest BCUT2D eigenvalue weighted by atomic mass is 35.5. The summed E-state index contributed by atoms with van der Waals surface area (Å²) in [7, 11) is 0. The number of ketones is 2. The van der Waals surface area contributed by atoms with E-state index in [0.717, 1.165) is 42.8 Å². The predicted octanol–water partition coefficient (Wildman–Crippen LogP) is 5.12. The van der Waals surface area contributed by atoms with Crippen molar-refractivity contribution in [3.05, 3.63) is 56.5 Å². The molecule has 1 aromatic carbocycles. The van der Waals surface area contributed by atoms with E-state index < -0.39 is 0 Å². The van der Waals surface area contributed by atoms with Gasteiger partial charge in [-0.3, -0.25) is 9.59 Å². The van der Waals surface area contributed by atoms with E-state index in [1.165, 1.54) is 0 Å². The lowest BCUT2D eigenvalue weighted by Crippen LogP contribution is -2.30. The molecular weight excluding hydrogens is 347 g/mol. The quantitative estimate of drug-likeness (QED) is 0.695. The van der Waals surface area contributed by atoms with Crippen LogP contribution in [-0.4, -0.2) is 11.6 Å². The molecule has 5 heteroatoms. The zero-order chi connectivity index (χ0) is 16.8. The lowest BCUT2D eigenvalue weighted by Gasteiger charge is -2.36. The number of hydrogen-bond acceptors (Lipinski definition) is 3. The second-order valence-corrected chi connectivity index (χ2v) is 7.25. The Hall–Kier alpha value is -1.58. The Balaban J connectivity index is 1.92. The first-order chi connectivity index (χ1) is 11.6. The lowest BCUT2D eigenvalue weighted by molar-refractivity contribution is -0.117. The second kappa shape index (κ2) is 6.05. The number of hydrogen-bond donors (Lipinski definition) is 0. The molecule has 0 aromatic heterocycles. The first kappa shape index (κ1) is 15.9. The molecule has 0 bridgehead atoms. The van der Waals surface area contributed by atoms with E-state index in [4.69, 9.17) is 27.9 Å². The van der Waals surface area contributed by atoms with Crippen molar-refractivity contribution < 1.29 is 14.3 Å². The number of ether oxygens (including phenoxy) is 1. The third-order valence-corrected chi connectivity index (χ3v) is 5.66. The van der Waals surface area contributed by atoms with Crippen LogP contribution in [0.2, 0.25) is 10.0 Å². The van der Waals surface area contributed by atoms with E-state index in [0.29, 0.717) is 34.0 Å². The Bertz CT molecular complexity index is 778. The van der Waals surface area contributed by atoms with E-state index in [-0.39, 0.29) is 17.5 Å². The van der Waals surface area contributed by atoms with Crippen LogP contribution in [0.3, 0.4) is 0 Å². The van der Waals surface area contributed by atoms with Gasteiger partial charge < -0.3 is 4.74 Å². The summed E-state index contributed by atoms with van der Waals surface area (Å²) >= 11 is 12.2. The van der Waals surface area contributed by atoms with Crippen LogP contribution >= 0.6 is 23.2 Å². The smallest absolute Gasteiger partial charge is 0.163 e. The molecule has 0 saturated carbocycles. The van der Waals surface area contributed by atoms with Crippen molar-refractivity contribution in [2.75, 3.05) is 0 Å². The molecule has 0 fully saturated rings. The molecule has 3 nitrogen and oxygen atoms in total. The summed E-state index contributed by atoms with van der Waals surface area (Å²) in [5.74, 6) is 1.22. The fourth-order valence-corrected chi connectivity index (χ4v) is 4.15. The largest absolute Gasteiger partial charge is 0.465 e. The minimum absolute atomic E-state index is 0.0669. The lowest BCUT2D eigenvalue weighted by atomic mass is 9.73. The molecule has 2 aliphatic carbocycles. The zero-order valence-electron chi connectivity index (χ0n) is 13.0. The maximum Gasteiger partial charge on any atom is 0.163 e. The maximum absolute atomic E-state index is 12.6. The SMILES string of the molecule is O=C1CCCC2=C1C(c1ccc(Cl)c(Cl)c1)C1=C(CCCC1=O)O2. The molecule has 0 amide bonds. The molecule has 1 aliphatic heterocycles. The van der Waals surface area contributed by atoms with Gasteiger partial charge in [0.2, 0.25) is 0 Å². The number of Topliss-reactive ketones (excluding diaryl/α,β-unsaturated/α-hetero) is 2. The minimum Gasteiger partial charge on any atom is -0.465 e. The van der Waals surface area contributed by atoms with Gasteiger partial charge >= 0.3 is 0 Å². The molecule has 1 aromatic rings.